The Morgan fingerprint density at radius 2 is 1.70 bits per heavy atom. The van der Waals surface area contributed by atoms with E-state index in [1.807, 2.05) is 0 Å². The SMILES string of the molecule is COc1ccc(NC(=O)[C@@H](C)N(c2ccc3c(c2)OCCO3)S(C)(=O)=O)cc1OC. The number of benzene rings is 2. The Bertz CT molecular complexity index is 1040. The Hall–Kier alpha value is -3.14. The number of amides is 1. The highest BCUT2D eigenvalue weighted by Gasteiger charge is 2.30. The molecule has 30 heavy (non-hydrogen) atoms. The maximum atomic E-state index is 12.9. The first kappa shape index (κ1) is 21.6. The molecule has 10 heteroatoms. The maximum Gasteiger partial charge on any atom is 0.247 e. The number of hydrogen-bond acceptors (Lipinski definition) is 7. The lowest BCUT2D eigenvalue weighted by molar-refractivity contribution is -0.116. The minimum Gasteiger partial charge on any atom is -0.493 e. The molecule has 0 unspecified atom stereocenters. The molecule has 1 atom stereocenters. The Morgan fingerprint density at radius 3 is 2.33 bits per heavy atom. The number of methoxy groups -OCH3 is 2. The zero-order chi connectivity index (χ0) is 21.9. The van der Waals surface area contributed by atoms with Gasteiger partial charge < -0.3 is 24.3 Å². The van der Waals surface area contributed by atoms with Gasteiger partial charge in [0, 0.05) is 17.8 Å². The van der Waals surface area contributed by atoms with Crippen molar-refractivity contribution in [1.82, 2.24) is 0 Å². The minimum atomic E-state index is -3.77. The summed E-state index contributed by atoms with van der Waals surface area (Å²) in [5.41, 5.74) is 0.747. The zero-order valence-corrected chi connectivity index (χ0v) is 18.0. The lowest BCUT2D eigenvalue weighted by atomic mass is 10.2. The minimum absolute atomic E-state index is 0.303. The number of nitrogens with zero attached hydrogens (tertiary/aromatic N) is 1. The van der Waals surface area contributed by atoms with Gasteiger partial charge in [0.05, 0.1) is 26.2 Å². The van der Waals surface area contributed by atoms with Crippen molar-refractivity contribution in [2.75, 3.05) is 43.3 Å². The molecular weight excluding hydrogens is 412 g/mol. The molecule has 1 amide bonds. The second-order valence-corrected chi connectivity index (χ2v) is 8.48. The fourth-order valence-electron chi connectivity index (χ4n) is 3.14. The van der Waals surface area contributed by atoms with Crippen molar-refractivity contribution >= 4 is 27.3 Å². The van der Waals surface area contributed by atoms with Crippen LogP contribution < -0.4 is 28.6 Å². The van der Waals surface area contributed by atoms with Gasteiger partial charge in [-0.05, 0) is 31.2 Å². The normalized spacial score (nSPS) is 13.9. The Kier molecular flexibility index (Phi) is 6.25. The third-order valence-electron chi connectivity index (χ3n) is 4.52. The monoisotopic (exact) mass is 436 g/mol. The predicted molar refractivity (Wildman–Crippen MR) is 112 cm³/mol. The molecule has 0 radical (unpaired) electrons. The van der Waals surface area contributed by atoms with Crippen molar-refractivity contribution in [2.24, 2.45) is 0 Å². The van der Waals surface area contributed by atoms with Crippen molar-refractivity contribution in [2.45, 2.75) is 13.0 Å². The van der Waals surface area contributed by atoms with E-state index < -0.39 is 22.0 Å². The van der Waals surface area contributed by atoms with Gasteiger partial charge in [0.2, 0.25) is 15.9 Å². The summed E-state index contributed by atoms with van der Waals surface area (Å²) in [6.45, 7) is 2.30. The molecule has 3 rings (SSSR count). The Morgan fingerprint density at radius 1 is 1.03 bits per heavy atom. The summed E-state index contributed by atoms with van der Waals surface area (Å²) in [5.74, 6) is 1.40. The number of sulfonamides is 1. The van der Waals surface area contributed by atoms with Crippen LogP contribution in [0.3, 0.4) is 0 Å². The van der Waals surface area contributed by atoms with Gasteiger partial charge >= 0.3 is 0 Å². The highest BCUT2D eigenvalue weighted by molar-refractivity contribution is 7.92. The van der Waals surface area contributed by atoms with Crippen LogP contribution in [-0.2, 0) is 14.8 Å². The second kappa shape index (κ2) is 8.70. The van der Waals surface area contributed by atoms with E-state index in [-0.39, 0.29) is 0 Å². The molecule has 0 bridgehead atoms. The van der Waals surface area contributed by atoms with Crippen LogP contribution >= 0.6 is 0 Å². The maximum absolute atomic E-state index is 12.9. The summed E-state index contributed by atoms with van der Waals surface area (Å²) in [7, 11) is -0.778. The third-order valence-corrected chi connectivity index (χ3v) is 5.76. The van der Waals surface area contributed by atoms with E-state index in [0.717, 1.165) is 10.6 Å². The molecule has 162 valence electrons. The Labute approximate surface area is 175 Å². The number of rotatable bonds is 7. The van der Waals surface area contributed by atoms with Crippen molar-refractivity contribution in [3.63, 3.8) is 0 Å². The van der Waals surface area contributed by atoms with Gasteiger partial charge in [-0.2, -0.15) is 0 Å². The summed E-state index contributed by atoms with van der Waals surface area (Å²) in [4.78, 5) is 12.9. The van der Waals surface area contributed by atoms with E-state index in [2.05, 4.69) is 5.32 Å². The van der Waals surface area contributed by atoms with Crippen molar-refractivity contribution in [1.29, 1.82) is 0 Å². The average Bonchev–Trinajstić information content (AvgIpc) is 2.72. The van der Waals surface area contributed by atoms with Gasteiger partial charge in [-0.1, -0.05) is 0 Å². The lowest BCUT2D eigenvalue weighted by Gasteiger charge is -2.29. The molecule has 9 nitrogen and oxygen atoms in total. The number of carbonyl (C=O) groups is 1. The second-order valence-electron chi connectivity index (χ2n) is 6.62. The summed E-state index contributed by atoms with van der Waals surface area (Å²) in [6, 6.07) is 8.61. The fraction of sp³-hybridized carbons (Fsp3) is 0.350. The summed E-state index contributed by atoms with van der Waals surface area (Å²) >= 11 is 0. The van der Waals surface area contributed by atoms with Gasteiger partial charge in [-0.25, -0.2) is 8.42 Å². The molecule has 0 saturated heterocycles. The molecule has 2 aromatic carbocycles. The van der Waals surface area contributed by atoms with Gasteiger partial charge in [-0.3, -0.25) is 9.10 Å². The number of carbonyl (C=O) groups excluding carboxylic acids is 1. The van der Waals surface area contributed by atoms with Gasteiger partial charge in [0.15, 0.2) is 23.0 Å². The first-order valence-electron chi connectivity index (χ1n) is 9.16. The lowest BCUT2D eigenvalue weighted by Crippen LogP contribution is -2.45. The molecule has 1 aliphatic heterocycles. The largest absolute Gasteiger partial charge is 0.493 e. The Balaban J connectivity index is 1.87. The number of nitrogens with one attached hydrogen (secondary N) is 1. The molecule has 2 aromatic rings. The van der Waals surface area contributed by atoms with Crippen molar-refractivity contribution < 1.29 is 32.2 Å². The van der Waals surface area contributed by atoms with Crippen LogP contribution in [0.1, 0.15) is 6.92 Å². The quantitative estimate of drug-likeness (QED) is 0.710. The summed E-state index contributed by atoms with van der Waals surface area (Å²) < 4.78 is 47.5. The van der Waals surface area contributed by atoms with Crippen LogP contribution in [0.5, 0.6) is 23.0 Å². The third kappa shape index (κ3) is 4.54. The van der Waals surface area contributed by atoms with Crippen molar-refractivity contribution in [3.8, 4) is 23.0 Å². The molecular formula is C20H24N2O7S. The molecule has 1 heterocycles. The topological polar surface area (TPSA) is 103 Å². The van der Waals surface area contributed by atoms with Crippen LogP contribution in [-0.4, -0.2) is 54.1 Å². The van der Waals surface area contributed by atoms with E-state index in [0.29, 0.717) is 47.6 Å². The fourth-order valence-corrected chi connectivity index (χ4v) is 4.31. The molecule has 1 N–H and O–H groups in total. The molecule has 1 aliphatic rings. The predicted octanol–water partition coefficient (Wildman–Crippen LogP) is 2.27. The van der Waals surface area contributed by atoms with Crippen LogP contribution in [0.2, 0.25) is 0 Å². The van der Waals surface area contributed by atoms with Gasteiger partial charge in [0.25, 0.3) is 0 Å². The van der Waals surface area contributed by atoms with Gasteiger partial charge in [-0.15, -0.1) is 0 Å². The highest BCUT2D eigenvalue weighted by atomic mass is 32.2. The molecule has 0 fully saturated rings. The molecule has 0 spiro atoms. The van der Waals surface area contributed by atoms with E-state index in [1.165, 1.54) is 21.1 Å². The first-order chi connectivity index (χ1) is 14.2. The summed E-state index contributed by atoms with van der Waals surface area (Å²) in [5, 5.41) is 2.72. The zero-order valence-electron chi connectivity index (χ0n) is 17.2. The van der Waals surface area contributed by atoms with Crippen molar-refractivity contribution in [3.05, 3.63) is 36.4 Å². The van der Waals surface area contributed by atoms with E-state index >= 15 is 0 Å². The van der Waals surface area contributed by atoms with Crippen LogP contribution in [0, 0.1) is 0 Å². The number of hydrogen-bond donors (Lipinski definition) is 1. The highest BCUT2D eigenvalue weighted by Crippen LogP contribution is 2.35. The summed E-state index contributed by atoms with van der Waals surface area (Å²) in [6.07, 6.45) is 1.05. The number of anilines is 2. The van der Waals surface area contributed by atoms with E-state index in [9.17, 15) is 13.2 Å². The molecule has 0 aliphatic carbocycles. The smallest absolute Gasteiger partial charge is 0.247 e. The molecule has 0 saturated carbocycles. The number of ether oxygens (including phenoxy) is 4. The van der Waals surface area contributed by atoms with E-state index in [4.69, 9.17) is 18.9 Å². The van der Waals surface area contributed by atoms with Crippen LogP contribution in [0.25, 0.3) is 0 Å². The molecule has 0 aromatic heterocycles. The standard InChI is InChI=1S/C20H24N2O7S/c1-13(20(23)21-14-5-7-16(26-2)18(11-14)27-3)22(30(4,24)25)15-6-8-17-19(12-15)29-10-9-28-17/h5-8,11-13H,9-10H2,1-4H3,(H,21,23)/t13-/m1/s1. The van der Waals surface area contributed by atoms with E-state index in [1.54, 1.807) is 36.4 Å². The van der Waals surface area contributed by atoms with Crippen LogP contribution in [0.15, 0.2) is 36.4 Å². The van der Waals surface area contributed by atoms with Gasteiger partial charge in [0.1, 0.15) is 19.3 Å². The van der Waals surface area contributed by atoms with Crippen LogP contribution in [0.4, 0.5) is 11.4 Å². The first-order valence-corrected chi connectivity index (χ1v) is 11.0. The number of fused-ring (bicyclic) bond motifs is 1. The average molecular weight is 436 g/mol.